The van der Waals surface area contributed by atoms with Crippen molar-refractivity contribution in [2.24, 2.45) is 0 Å². The number of nitrogens with one attached hydrogen (secondary N) is 2. The largest absolute Gasteiger partial charge is 0.337 e. The molecule has 0 aliphatic carbocycles. The highest BCUT2D eigenvalue weighted by Crippen LogP contribution is 2.28. The maximum Gasteiger partial charge on any atom is 0.263 e. The highest BCUT2D eigenvalue weighted by Gasteiger charge is 2.19. The molecule has 0 saturated heterocycles. The predicted octanol–water partition coefficient (Wildman–Crippen LogP) is 5.41. The normalized spacial score (nSPS) is 11.5. The van der Waals surface area contributed by atoms with Gasteiger partial charge in [0.05, 0.1) is 15.9 Å². The zero-order valence-electron chi connectivity index (χ0n) is 17.9. The smallest absolute Gasteiger partial charge is 0.263 e. The number of aromatic nitrogens is 2. The van der Waals surface area contributed by atoms with Crippen molar-refractivity contribution < 1.29 is 8.42 Å². The summed E-state index contributed by atoms with van der Waals surface area (Å²) in [5.41, 5.74) is 6.20. The molecule has 6 nitrogen and oxygen atoms in total. The van der Waals surface area contributed by atoms with E-state index in [1.165, 1.54) is 0 Å². The Morgan fingerprint density at radius 1 is 0.710 bits per heavy atom. The fourth-order valence-corrected chi connectivity index (χ4v) is 4.50. The summed E-state index contributed by atoms with van der Waals surface area (Å²) in [6.07, 6.45) is 0. The van der Waals surface area contributed by atoms with Crippen molar-refractivity contribution in [1.82, 2.24) is 9.97 Å². The number of anilines is 3. The van der Waals surface area contributed by atoms with E-state index >= 15 is 0 Å². The van der Waals surface area contributed by atoms with Gasteiger partial charge in [-0.2, -0.15) is 0 Å². The highest BCUT2D eigenvalue weighted by atomic mass is 32.2. The van der Waals surface area contributed by atoms with Crippen LogP contribution in [0, 0.1) is 27.7 Å². The number of aryl methyl sites for hydroxylation is 4. The lowest BCUT2D eigenvalue weighted by Gasteiger charge is -2.15. The summed E-state index contributed by atoms with van der Waals surface area (Å²) < 4.78 is 28.8. The molecule has 0 atom stereocenters. The molecule has 1 heterocycles. The third-order valence-electron chi connectivity index (χ3n) is 5.07. The van der Waals surface area contributed by atoms with Crippen molar-refractivity contribution in [1.29, 1.82) is 0 Å². The van der Waals surface area contributed by atoms with Crippen LogP contribution in [0.1, 0.15) is 22.3 Å². The maximum absolute atomic E-state index is 13.1. The van der Waals surface area contributed by atoms with Crippen LogP contribution in [0.5, 0.6) is 0 Å². The maximum atomic E-state index is 13.1. The monoisotopic (exact) mass is 432 g/mol. The van der Waals surface area contributed by atoms with Gasteiger partial charge in [-0.25, -0.2) is 18.4 Å². The predicted molar refractivity (Wildman–Crippen MR) is 125 cm³/mol. The van der Waals surface area contributed by atoms with E-state index in [2.05, 4.69) is 26.1 Å². The van der Waals surface area contributed by atoms with Crippen LogP contribution in [-0.2, 0) is 10.0 Å². The second-order valence-electron chi connectivity index (χ2n) is 7.76. The number of fused-ring (bicyclic) bond motifs is 1. The topological polar surface area (TPSA) is 84.0 Å². The van der Waals surface area contributed by atoms with Gasteiger partial charge in [0, 0.05) is 5.69 Å². The molecule has 2 N–H and O–H groups in total. The number of nitrogens with zero attached hydrogens (tertiary/aromatic N) is 2. The van der Waals surface area contributed by atoms with E-state index in [0.717, 1.165) is 27.9 Å². The van der Waals surface area contributed by atoms with Crippen LogP contribution in [0.4, 0.5) is 17.3 Å². The van der Waals surface area contributed by atoms with Gasteiger partial charge in [-0.1, -0.05) is 24.3 Å². The minimum absolute atomic E-state index is 0.149. The quantitative estimate of drug-likeness (QED) is 0.441. The van der Waals surface area contributed by atoms with Gasteiger partial charge in [-0.15, -0.1) is 0 Å². The van der Waals surface area contributed by atoms with Crippen LogP contribution < -0.4 is 10.0 Å². The second-order valence-corrected chi connectivity index (χ2v) is 9.44. The summed E-state index contributed by atoms with van der Waals surface area (Å²) in [5, 5.41) is 3.24. The second kappa shape index (κ2) is 8.00. The Balaban J connectivity index is 1.79. The van der Waals surface area contributed by atoms with Crippen molar-refractivity contribution >= 4 is 38.4 Å². The van der Waals surface area contributed by atoms with E-state index in [9.17, 15) is 8.42 Å². The Morgan fingerprint density at radius 2 is 1.32 bits per heavy atom. The fourth-order valence-electron chi connectivity index (χ4n) is 3.41. The zero-order chi connectivity index (χ0) is 22.2. The molecule has 0 aliphatic rings. The molecular formula is C24H24N4O2S. The number of sulfonamides is 1. The summed E-state index contributed by atoms with van der Waals surface area (Å²) in [6.45, 7) is 7.85. The van der Waals surface area contributed by atoms with Crippen molar-refractivity contribution in [3.63, 3.8) is 0 Å². The van der Waals surface area contributed by atoms with E-state index in [0.29, 0.717) is 16.9 Å². The van der Waals surface area contributed by atoms with Crippen molar-refractivity contribution in [2.75, 3.05) is 10.0 Å². The van der Waals surface area contributed by atoms with Gasteiger partial charge in [0.25, 0.3) is 10.0 Å². The molecule has 158 valence electrons. The molecular weight excluding hydrogens is 408 g/mol. The van der Waals surface area contributed by atoms with Crippen molar-refractivity contribution in [2.45, 2.75) is 32.6 Å². The van der Waals surface area contributed by atoms with Gasteiger partial charge in [-0.05, 0) is 86.3 Å². The van der Waals surface area contributed by atoms with Crippen LogP contribution in [0.25, 0.3) is 11.0 Å². The number of hydrogen-bond acceptors (Lipinski definition) is 5. The van der Waals surface area contributed by atoms with Gasteiger partial charge in [-0.3, -0.25) is 4.72 Å². The van der Waals surface area contributed by atoms with Crippen molar-refractivity contribution in [3.8, 4) is 0 Å². The van der Waals surface area contributed by atoms with E-state index < -0.39 is 10.0 Å². The van der Waals surface area contributed by atoms with E-state index in [-0.39, 0.29) is 10.7 Å². The molecule has 0 amide bonds. The lowest BCUT2D eigenvalue weighted by atomic mass is 10.1. The number of hydrogen-bond donors (Lipinski definition) is 2. The minimum Gasteiger partial charge on any atom is -0.337 e. The fraction of sp³-hybridized carbons (Fsp3) is 0.167. The van der Waals surface area contributed by atoms with Gasteiger partial charge < -0.3 is 5.32 Å². The molecule has 3 aromatic carbocycles. The summed E-state index contributed by atoms with van der Waals surface area (Å²) in [4.78, 5) is 9.37. The van der Waals surface area contributed by atoms with Crippen LogP contribution in [0.3, 0.4) is 0 Å². The third-order valence-corrected chi connectivity index (χ3v) is 6.41. The summed E-state index contributed by atoms with van der Waals surface area (Å²) in [7, 11) is -3.84. The first kappa shape index (κ1) is 20.8. The molecule has 0 spiro atoms. The van der Waals surface area contributed by atoms with Crippen LogP contribution in [0.15, 0.2) is 65.6 Å². The lowest BCUT2D eigenvalue weighted by Crippen LogP contribution is -2.16. The van der Waals surface area contributed by atoms with Gasteiger partial charge >= 0.3 is 0 Å². The van der Waals surface area contributed by atoms with Gasteiger partial charge in [0.1, 0.15) is 0 Å². The first-order chi connectivity index (χ1) is 14.7. The first-order valence-electron chi connectivity index (χ1n) is 9.93. The first-order valence-corrected chi connectivity index (χ1v) is 11.4. The molecule has 0 bridgehead atoms. The Labute approximate surface area is 182 Å². The molecule has 0 saturated carbocycles. The van der Waals surface area contributed by atoms with Crippen LogP contribution in [0.2, 0.25) is 0 Å². The Hall–Kier alpha value is -3.45. The molecule has 1 aromatic heterocycles. The molecule has 0 radical (unpaired) electrons. The van der Waals surface area contributed by atoms with E-state index in [1.807, 2.05) is 58.0 Å². The minimum atomic E-state index is -3.84. The molecule has 31 heavy (non-hydrogen) atoms. The van der Waals surface area contributed by atoms with Crippen LogP contribution >= 0.6 is 0 Å². The van der Waals surface area contributed by atoms with E-state index in [1.54, 1.807) is 24.3 Å². The number of rotatable bonds is 5. The average molecular weight is 433 g/mol. The average Bonchev–Trinajstić information content (AvgIpc) is 2.69. The Bertz CT molecular complexity index is 1380. The van der Waals surface area contributed by atoms with Gasteiger partial charge in [0.2, 0.25) is 0 Å². The Kier molecular flexibility index (Phi) is 5.37. The molecule has 4 rings (SSSR count). The summed E-state index contributed by atoms with van der Waals surface area (Å²) in [6, 6.07) is 18.4. The standard InChI is InChI=1S/C24H24N4O2S/c1-15-11-16(2)13-19(12-15)25-23-24(27-22-8-6-5-7-21(22)26-23)28-31(29,30)20-10-9-17(3)18(4)14-20/h5-14H,1-4H3,(H,25,26)(H,27,28). The highest BCUT2D eigenvalue weighted by molar-refractivity contribution is 7.92. The van der Waals surface area contributed by atoms with Crippen molar-refractivity contribution in [3.05, 3.63) is 82.9 Å². The van der Waals surface area contributed by atoms with Crippen LogP contribution in [-0.4, -0.2) is 18.4 Å². The molecule has 0 aliphatic heterocycles. The molecule has 7 heteroatoms. The molecule has 0 fully saturated rings. The number of benzene rings is 3. The molecule has 4 aromatic rings. The number of para-hydroxylation sites is 2. The van der Waals surface area contributed by atoms with Gasteiger partial charge in [0.15, 0.2) is 11.6 Å². The third kappa shape index (κ3) is 4.51. The van der Waals surface area contributed by atoms with E-state index in [4.69, 9.17) is 0 Å². The summed E-state index contributed by atoms with van der Waals surface area (Å²) in [5.74, 6) is 0.493. The zero-order valence-corrected chi connectivity index (χ0v) is 18.7. The lowest BCUT2D eigenvalue weighted by molar-refractivity contribution is 0.601. The molecule has 0 unspecified atom stereocenters. The Morgan fingerprint density at radius 3 is 1.94 bits per heavy atom. The summed E-state index contributed by atoms with van der Waals surface area (Å²) >= 11 is 0. The SMILES string of the molecule is Cc1cc(C)cc(Nc2nc3ccccc3nc2NS(=O)(=O)c2ccc(C)c(C)c2)c1.